The molecule has 0 radical (unpaired) electrons. The van der Waals surface area contributed by atoms with Gasteiger partial charge in [0.15, 0.2) is 5.96 Å². The predicted molar refractivity (Wildman–Crippen MR) is 112 cm³/mol. The molecule has 6 heteroatoms. The molecule has 1 unspecified atom stereocenters. The highest BCUT2D eigenvalue weighted by Crippen LogP contribution is 2.23. The van der Waals surface area contributed by atoms with Crippen LogP contribution in [0.1, 0.15) is 49.9 Å². The van der Waals surface area contributed by atoms with Crippen molar-refractivity contribution in [3.63, 3.8) is 0 Å². The first kappa shape index (κ1) is 20.7. The molecule has 1 aliphatic rings. The smallest absolute Gasteiger partial charge is 0.191 e. The highest BCUT2D eigenvalue weighted by Gasteiger charge is 2.17. The van der Waals surface area contributed by atoms with Gasteiger partial charge < -0.3 is 15.5 Å². The highest BCUT2D eigenvalue weighted by molar-refractivity contribution is 14.0. The number of nitrogens with one attached hydrogen (secondary N) is 2. The van der Waals surface area contributed by atoms with E-state index in [9.17, 15) is 0 Å². The van der Waals surface area contributed by atoms with E-state index in [-0.39, 0.29) is 24.0 Å². The van der Waals surface area contributed by atoms with E-state index >= 15 is 0 Å². The standard InChI is InChI=1S/C17H30N4S.HI/c1-4-18-17(20-14-9-6-5-7-10-14)19-13-15(21(2)3)16-11-8-12-22-16;/h8,11-12,14-15H,4-7,9-10,13H2,1-3H3,(H2,18,19,20);1H. The fraction of sp³-hybridized carbons (Fsp3) is 0.706. The molecule has 0 aliphatic heterocycles. The second kappa shape index (κ2) is 11.3. The molecular formula is C17H31IN4S. The summed E-state index contributed by atoms with van der Waals surface area (Å²) >= 11 is 1.81. The Morgan fingerprint density at radius 2 is 2.09 bits per heavy atom. The number of hydrogen-bond acceptors (Lipinski definition) is 3. The Hall–Kier alpha value is -0.340. The van der Waals surface area contributed by atoms with Crippen molar-refractivity contribution in [2.24, 2.45) is 4.99 Å². The first-order chi connectivity index (χ1) is 10.7. The van der Waals surface area contributed by atoms with Gasteiger partial charge in [-0.2, -0.15) is 0 Å². The Kier molecular flexibility index (Phi) is 10.1. The first-order valence-corrected chi connectivity index (χ1v) is 9.33. The molecule has 23 heavy (non-hydrogen) atoms. The predicted octanol–water partition coefficient (Wildman–Crippen LogP) is 3.86. The maximum Gasteiger partial charge on any atom is 0.191 e. The summed E-state index contributed by atoms with van der Waals surface area (Å²) in [6.07, 6.45) is 6.60. The molecule has 1 aromatic heterocycles. The zero-order chi connectivity index (χ0) is 15.8. The van der Waals surface area contributed by atoms with E-state index in [1.165, 1.54) is 37.0 Å². The summed E-state index contributed by atoms with van der Waals surface area (Å²) in [5.41, 5.74) is 0. The monoisotopic (exact) mass is 450 g/mol. The second-order valence-electron chi connectivity index (χ2n) is 6.19. The number of halogens is 1. The Morgan fingerprint density at radius 1 is 1.35 bits per heavy atom. The number of rotatable bonds is 6. The summed E-state index contributed by atoms with van der Waals surface area (Å²) in [5, 5.41) is 9.15. The van der Waals surface area contributed by atoms with Gasteiger partial charge in [0.1, 0.15) is 0 Å². The average Bonchev–Trinajstić information content (AvgIpc) is 3.02. The van der Waals surface area contributed by atoms with Crippen LogP contribution >= 0.6 is 35.3 Å². The molecule has 4 nitrogen and oxygen atoms in total. The molecule has 1 atom stereocenters. The van der Waals surface area contributed by atoms with Gasteiger partial charge in [0.05, 0.1) is 12.6 Å². The molecule has 1 fully saturated rings. The molecule has 2 rings (SSSR count). The van der Waals surface area contributed by atoms with Crippen molar-refractivity contribution < 1.29 is 0 Å². The van der Waals surface area contributed by atoms with E-state index in [0.29, 0.717) is 12.1 Å². The zero-order valence-corrected chi connectivity index (χ0v) is 17.7. The number of likely N-dealkylation sites (N-methyl/N-ethyl adjacent to an activating group) is 1. The summed E-state index contributed by atoms with van der Waals surface area (Å²) in [7, 11) is 4.25. The SMILES string of the molecule is CCNC(=NCC(c1cccs1)N(C)C)NC1CCCCC1.I. The fourth-order valence-corrected chi connectivity index (χ4v) is 3.84. The van der Waals surface area contributed by atoms with Crippen molar-refractivity contribution in [3.8, 4) is 0 Å². The Labute approximate surface area is 162 Å². The van der Waals surface area contributed by atoms with Crippen LogP contribution in [-0.4, -0.2) is 44.1 Å². The topological polar surface area (TPSA) is 39.7 Å². The third kappa shape index (κ3) is 6.97. The molecule has 0 bridgehead atoms. The molecule has 1 aromatic rings. The highest BCUT2D eigenvalue weighted by atomic mass is 127. The number of aliphatic imine (C=N–C) groups is 1. The molecule has 1 saturated carbocycles. The van der Waals surface area contributed by atoms with Gasteiger partial charge in [0.2, 0.25) is 0 Å². The summed E-state index contributed by atoms with van der Waals surface area (Å²) in [5.74, 6) is 0.970. The number of hydrogen-bond donors (Lipinski definition) is 2. The third-order valence-electron chi connectivity index (χ3n) is 4.21. The lowest BCUT2D eigenvalue weighted by Gasteiger charge is -2.26. The summed E-state index contributed by atoms with van der Waals surface area (Å²) < 4.78 is 0. The van der Waals surface area contributed by atoms with Crippen LogP contribution in [-0.2, 0) is 0 Å². The first-order valence-electron chi connectivity index (χ1n) is 8.45. The van der Waals surface area contributed by atoms with Gasteiger partial charge >= 0.3 is 0 Å². The van der Waals surface area contributed by atoms with Crippen molar-refractivity contribution in [1.29, 1.82) is 0 Å². The largest absolute Gasteiger partial charge is 0.357 e. The fourth-order valence-electron chi connectivity index (χ4n) is 2.93. The van der Waals surface area contributed by atoms with Crippen LogP contribution in [0, 0.1) is 0 Å². The van der Waals surface area contributed by atoms with E-state index in [4.69, 9.17) is 4.99 Å². The van der Waals surface area contributed by atoms with Crippen LogP contribution in [0.2, 0.25) is 0 Å². The lowest BCUT2D eigenvalue weighted by molar-refractivity contribution is 0.310. The molecule has 1 aliphatic carbocycles. The van der Waals surface area contributed by atoms with Crippen LogP contribution in [0.3, 0.4) is 0 Å². The minimum Gasteiger partial charge on any atom is -0.357 e. The van der Waals surface area contributed by atoms with Gasteiger partial charge in [-0.25, -0.2) is 0 Å². The summed E-state index contributed by atoms with van der Waals surface area (Å²) in [4.78, 5) is 8.47. The summed E-state index contributed by atoms with van der Waals surface area (Å²) in [6, 6.07) is 5.26. The number of nitrogens with zero attached hydrogens (tertiary/aromatic N) is 2. The molecule has 0 amide bonds. The van der Waals surface area contributed by atoms with Gasteiger partial charge in [-0.3, -0.25) is 4.99 Å². The maximum absolute atomic E-state index is 4.84. The molecule has 2 N–H and O–H groups in total. The molecular weight excluding hydrogens is 419 g/mol. The maximum atomic E-state index is 4.84. The van der Waals surface area contributed by atoms with E-state index in [1.807, 2.05) is 11.3 Å². The van der Waals surface area contributed by atoms with Crippen LogP contribution in [0.25, 0.3) is 0 Å². The zero-order valence-electron chi connectivity index (χ0n) is 14.5. The minimum atomic E-state index is 0. The van der Waals surface area contributed by atoms with Crippen molar-refractivity contribution in [3.05, 3.63) is 22.4 Å². The second-order valence-corrected chi connectivity index (χ2v) is 7.17. The summed E-state index contributed by atoms with van der Waals surface area (Å²) in [6.45, 7) is 3.82. The lowest BCUT2D eigenvalue weighted by atomic mass is 9.96. The van der Waals surface area contributed by atoms with Crippen molar-refractivity contribution >= 4 is 41.3 Å². The van der Waals surface area contributed by atoms with Crippen LogP contribution in [0.5, 0.6) is 0 Å². The molecule has 132 valence electrons. The van der Waals surface area contributed by atoms with Gasteiger partial charge in [-0.05, 0) is 45.3 Å². The van der Waals surface area contributed by atoms with Gasteiger partial charge in [0, 0.05) is 17.5 Å². The van der Waals surface area contributed by atoms with E-state index in [0.717, 1.165) is 19.0 Å². The third-order valence-corrected chi connectivity index (χ3v) is 5.18. The molecule has 0 spiro atoms. The molecule has 0 saturated heterocycles. The normalized spacial score (nSPS) is 17.7. The van der Waals surface area contributed by atoms with Crippen LogP contribution in [0.4, 0.5) is 0 Å². The lowest BCUT2D eigenvalue weighted by Crippen LogP contribution is -2.44. The minimum absolute atomic E-state index is 0. The molecule has 0 aromatic carbocycles. The Morgan fingerprint density at radius 3 is 2.65 bits per heavy atom. The Balaban J connectivity index is 0.00000264. The van der Waals surface area contributed by atoms with Crippen molar-refractivity contribution in [1.82, 2.24) is 15.5 Å². The van der Waals surface area contributed by atoms with Gasteiger partial charge in [-0.15, -0.1) is 35.3 Å². The van der Waals surface area contributed by atoms with Crippen LogP contribution in [0.15, 0.2) is 22.5 Å². The van der Waals surface area contributed by atoms with E-state index in [1.54, 1.807) is 0 Å². The Bertz CT molecular complexity index is 441. The quantitative estimate of drug-likeness (QED) is 0.393. The number of guanidine groups is 1. The van der Waals surface area contributed by atoms with Crippen molar-refractivity contribution in [2.75, 3.05) is 27.2 Å². The number of thiophene rings is 1. The van der Waals surface area contributed by atoms with E-state index in [2.05, 4.69) is 54.1 Å². The van der Waals surface area contributed by atoms with E-state index < -0.39 is 0 Å². The van der Waals surface area contributed by atoms with Crippen LogP contribution < -0.4 is 10.6 Å². The van der Waals surface area contributed by atoms with Crippen molar-refractivity contribution in [2.45, 2.75) is 51.1 Å². The van der Waals surface area contributed by atoms with Gasteiger partial charge in [0.25, 0.3) is 0 Å². The average molecular weight is 450 g/mol. The molecule has 1 heterocycles. The van der Waals surface area contributed by atoms with Gasteiger partial charge in [-0.1, -0.05) is 25.3 Å².